The van der Waals surface area contributed by atoms with Gasteiger partial charge in [-0.15, -0.1) is 0 Å². The molecule has 0 aliphatic rings. The Balaban J connectivity index is 3.60. The van der Waals surface area contributed by atoms with E-state index in [0.717, 1.165) is 32.1 Å². The van der Waals surface area contributed by atoms with Gasteiger partial charge < -0.3 is 20.6 Å². The first-order valence-electron chi connectivity index (χ1n) is 19.3. The molecule has 0 heterocycles. The Bertz CT molecular complexity index is 558. The van der Waals surface area contributed by atoms with Gasteiger partial charge in [-0.05, 0) is 12.8 Å². The zero-order valence-corrected chi connectivity index (χ0v) is 29.1. The van der Waals surface area contributed by atoms with Gasteiger partial charge in [0.1, 0.15) is 6.10 Å². The topological polar surface area (TPSA) is 89.8 Å². The predicted molar refractivity (Wildman–Crippen MR) is 186 cm³/mol. The number of hydrogen-bond acceptors (Lipinski definition) is 4. The zero-order valence-electron chi connectivity index (χ0n) is 29.1. The summed E-state index contributed by atoms with van der Waals surface area (Å²) in [5.74, 6) is -0.470. The molecule has 0 aromatic heterocycles. The van der Waals surface area contributed by atoms with E-state index in [1.807, 2.05) is 0 Å². The Morgan fingerprint density at radius 3 is 1.05 bits per heavy atom. The third-order valence-electron chi connectivity index (χ3n) is 9.23. The third-order valence-corrected chi connectivity index (χ3v) is 9.23. The second-order valence-corrected chi connectivity index (χ2v) is 13.5. The minimum Gasteiger partial charge on any atom is -0.394 e. The number of carbonyl (C=O) groups is 1. The van der Waals surface area contributed by atoms with Crippen molar-refractivity contribution in [2.24, 2.45) is 0 Å². The highest BCUT2D eigenvalue weighted by atomic mass is 16.3. The van der Waals surface area contributed by atoms with Crippen LogP contribution in [0, 0.1) is 0 Å². The Hall–Kier alpha value is -0.650. The second-order valence-electron chi connectivity index (χ2n) is 13.5. The van der Waals surface area contributed by atoms with Crippen LogP contribution in [0.25, 0.3) is 0 Å². The van der Waals surface area contributed by atoms with Crippen molar-refractivity contribution in [2.45, 2.75) is 231 Å². The third kappa shape index (κ3) is 29.8. The SMILES string of the molecule is CCCCCCCCCCCCCCCCCCCCCC(O)C(CO)NC(=O)C(O)CCCCCCCCCCCC. The van der Waals surface area contributed by atoms with E-state index in [2.05, 4.69) is 19.2 Å². The van der Waals surface area contributed by atoms with E-state index in [-0.39, 0.29) is 6.61 Å². The molecular formula is C38H77NO4. The van der Waals surface area contributed by atoms with Crippen LogP contribution in [0.4, 0.5) is 0 Å². The van der Waals surface area contributed by atoms with E-state index in [9.17, 15) is 20.1 Å². The van der Waals surface area contributed by atoms with E-state index < -0.39 is 24.2 Å². The number of hydrogen-bond donors (Lipinski definition) is 4. The maximum Gasteiger partial charge on any atom is 0.249 e. The van der Waals surface area contributed by atoms with Gasteiger partial charge in [-0.25, -0.2) is 0 Å². The first-order valence-corrected chi connectivity index (χ1v) is 19.3. The number of rotatable bonds is 35. The quantitative estimate of drug-likeness (QED) is 0.0537. The minimum absolute atomic E-state index is 0.309. The van der Waals surface area contributed by atoms with Crippen molar-refractivity contribution in [1.29, 1.82) is 0 Å². The van der Waals surface area contributed by atoms with E-state index in [0.29, 0.717) is 12.8 Å². The van der Waals surface area contributed by atoms with Gasteiger partial charge in [0.15, 0.2) is 0 Å². The Morgan fingerprint density at radius 1 is 0.465 bits per heavy atom. The molecule has 3 atom stereocenters. The molecule has 0 aromatic rings. The minimum atomic E-state index is -1.06. The molecule has 258 valence electrons. The van der Waals surface area contributed by atoms with Crippen molar-refractivity contribution in [3.05, 3.63) is 0 Å². The van der Waals surface area contributed by atoms with Crippen LogP contribution in [0.2, 0.25) is 0 Å². The van der Waals surface area contributed by atoms with Crippen LogP contribution in [0.1, 0.15) is 213 Å². The maximum absolute atomic E-state index is 12.4. The molecule has 43 heavy (non-hydrogen) atoms. The second kappa shape index (κ2) is 34.2. The molecule has 0 aromatic carbocycles. The highest BCUT2D eigenvalue weighted by molar-refractivity contribution is 5.80. The molecule has 1 amide bonds. The molecule has 0 aliphatic heterocycles. The summed E-state index contributed by atoms with van der Waals surface area (Å²) < 4.78 is 0. The summed E-state index contributed by atoms with van der Waals surface area (Å²) in [4.78, 5) is 12.4. The van der Waals surface area contributed by atoms with E-state index in [1.54, 1.807) is 0 Å². The Labute approximate surface area is 268 Å². The summed E-state index contributed by atoms with van der Waals surface area (Å²) in [6, 6.07) is -0.703. The zero-order chi connectivity index (χ0) is 31.6. The number of carbonyl (C=O) groups excluding carboxylic acids is 1. The monoisotopic (exact) mass is 612 g/mol. The number of unbranched alkanes of at least 4 members (excludes halogenated alkanes) is 27. The highest BCUT2D eigenvalue weighted by Gasteiger charge is 2.23. The molecular weight excluding hydrogens is 534 g/mol. The van der Waals surface area contributed by atoms with Gasteiger partial charge in [0.2, 0.25) is 5.91 Å². The van der Waals surface area contributed by atoms with E-state index in [1.165, 1.54) is 154 Å². The van der Waals surface area contributed by atoms with Crippen LogP contribution in [0.5, 0.6) is 0 Å². The molecule has 5 heteroatoms. The van der Waals surface area contributed by atoms with Crippen LogP contribution in [-0.2, 0) is 4.79 Å². The van der Waals surface area contributed by atoms with Gasteiger partial charge >= 0.3 is 0 Å². The lowest BCUT2D eigenvalue weighted by molar-refractivity contribution is -0.131. The van der Waals surface area contributed by atoms with Crippen LogP contribution in [0.15, 0.2) is 0 Å². The predicted octanol–water partition coefficient (Wildman–Crippen LogP) is 10.3. The fourth-order valence-corrected chi connectivity index (χ4v) is 6.13. The lowest BCUT2D eigenvalue weighted by Gasteiger charge is -2.23. The van der Waals surface area contributed by atoms with Gasteiger partial charge in [-0.1, -0.05) is 200 Å². The van der Waals surface area contributed by atoms with E-state index >= 15 is 0 Å². The van der Waals surface area contributed by atoms with Crippen LogP contribution >= 0.6 is 0 Å². The van der Waals surface area contributed by atoms with Crippen molar-refractivity contribution in [2.75, 3.05) is 6.61 Å². The average molecular weight is 612 g/mol. The largest absolute Gasteiger partial charge is 0.394 e. The van der Waals surface area contributed by atoms with Crippen molar-refractivity contribution < 1.29 is 20.1 Å². The molecule has 0 rings (SSSR count). The molecule has 0 fully saturated rings. The molecule has 0 saturated carbocycles. The normalized spacial score (nSPS) is 13.7. The summed E-state index contributed by atoms with van der Waals surface area (Å²) >= 11 is 0. The van der Waals surface area contributed by atoms with Gasteiger partial charge in [0, 0.05) is 0 Å². The van der Waals surface area contributed by atoms with Gasteiger partial charge in [0.25, 0.3) is 0 Å². The molecule has 0 spiro atoms. The number of aliphatic hydroxyl groups excluding tert-OH is 3. The lowest BCUT2D eigenvalue weighted by atomic mass is 10.0. The fraction of sp³-hybridized carbons (Fsp3) is 0.974. The first kappa shape index (κ1) is 42.3. The molecule has 0 radical (unpaired) electrons. The van der Waals surface area contributed by atoms with Gasteiger partial charge in [-0.2, -0.15) is 0 Å². The van der Waals surface area contributed by atoms with E-state index in [4.69, 9.17) is 0 Å². The number of aliphatic hydroxyl groups is 3. The van der Waals surface area contributed by atoms with Crippen molar-refractivity contribution in [1.82, 2.24) is 5.32 Å². The summed E-state index contributed by atoms with van der Waals surface area (Å²) in [7, 11) is 0. The number of nitrogens with one attached hydrogen (secondary N) is 1. The standard InChI is InChI=1S/C38H77NO4/c1-3-5-7-9-11-13-15-16-17-18-19-20-21-22-23-25-26-28-30-32-36(41)35(34-40)39-38(43)37(42)33-31-29-27-24-14-12-10-8-6-4-2/h35-37,40-42H,3-34H2,1-2H3,(H,39,43). The molecule has 0 aliphatic carbocycles. The summed E-state index contributed by atoms with van der Waals surface area (Å²) in [5, 5.41) is 33.1. The maximum atomic E-state index is 12.4. The lowest BCUT2D eigenvalue weighted by Crippen LogP contribution is -2.49. The molecule has 4 N–H and O–H groups in total. The molecule has 0 saturated heterocycles. The fourth-order valence-electron chi connectivity index (χ4n) is 6.13. The Kier molecular flexibility index (Phi) is 33.7. The molecule has 3 unspecified atom stereocenters. The first-order chi connectivity index (χ1) is 21.1. The van der Waals surface area contributed by atoms with Crippen LogP contribution in [0.3, 0.4) is 0 Å². The number of amides is 1. The summed E-state index contributed by atoms with van der Waals surface area (Å²) in [6.45, 7) is 4.21. The summed E-state index contributed by atoms with van der Waals surface area (Å²) in [6.07, 6.45) is 36.7. The van der Waals surface area contributed by atoms with Crippen LogP contribution < -0.4 is 5.32 Å². The average Bonchev–Trinajstić information content (AvgIpc) is 3.01. The van der Waals surface area contributed by atoms with Crippen molar-refractivity contribution in [3.8, 4) is 0 Å². The van der Waals surface area contributed by atoms with Gasteiger partial charge in [0.05, 0.1) is 18.8 Å². The Morgan fingerprint density at radius 2 is 0.744 bits per heavy atom. The van der Waals surface area contributed by atoms with Crippen molar-refractivity contribution in [3.63, 3.8) is 0 Å². The molecule has 5 nitrogen and oxygen atoms in total. The summed E-state index contributed by atoms with van der Waals surface area (Å²) in [5.41, 5.74) is 0. The smallest absolute Gasteiger partial charge is 0.249 e. The highest BCUT2D eigenvalue weighted by Crippen LogP contribution is 2.16. The molecule has 0 bridgehead atoms. The van der Waals surface area contributed by atoms with Crippen molar-refractivity contribution >= 4 is 5.91 Å². The van der Waals surface area contributed by atoms with Crippen LogP contribution in [-0.4, -0.2) is 46.1 Å². The van der Waals surface area contributed by atoms with Gasteiger partial charge in [-0.3, -0.25) is 4.79 Å².